The molecule has 1 N–H and O–H groups in total. The fraction of sp³-hybridized carbons (Fsp3) is 0.476. The fourth-order valence-electron chi connectivity index (χ4n) is 3.54. The normalized spacial score (nSPS) is 11.4. The van der Waals surface area contributed by atoms with Crippen LogP contribution in [-0.4, -0.2) is 23.8 Å². The van der Waals surface area contributed by atoms with Crippen molar-refractivity contribution in [3.05, 3.63) is 62.1 Å². The summed E-state index contributed by atoms with van der Waals surface area (Å²) in [5, 5.41) is 9.73. The average Bonchev–Trinajstić information content (AvgIpc) is 3.05. The van der Waals surface area contributed by atoms with Crippen LogP contribution in [-0.2, 0) is 26.2 Å². The predicted molar refractivity (Wildman–Crippen MR) is 110 cm³/mol. The molecule has 0 unspecified atom stereocenters. The number of aliphatic hydroxyl groups excluding tert-OH is 1. The number of aromatic nitrogens is 4. The van der Waals surface area contributed by atoms with Crippen molar-refractivity contribution in [2.45, 2.75) is 66.3 Å². The molecule has 0 atom stereocenters. The van der Waals surface area contributed by atoms with Crippen molar-refractivity contribution in [1.29, 1.82) is 0 Å². The van der Waals surface area contributed by atoms with E-state index in [1.165, 1.54) is 4.57 Å². The molecule has 0 spiro atoms. The van der Waals surface area contributed by atoms with Gasteiger partial charge in [0.1, 0.15) is 12.4 Å². The van der Waals surface area contributed by atoms with Crippen LogP contribution in [0.2, 0.25) is 0 Å². The standard InChI is InChI=1S/C21H28N4O3/c1-4-6-12-24-19-18(23(11-5-2)17(14-26)22-19)20(27)25(21(24)28)13-16-10-8-7-9-15(16)3/h7-10,26H,4-6,11-14H2,1-3H3. The molecule has 0 aliphatic rings. The molecule has 0 amide bonds. The Bertz CT molecular complexity index is 1090. The molecule has 3 aromatic rings. The Balaban J connectivity index is 2.31. The van der Waals surface area contributed by atoms with Gasteiger partial charge in [-0.05, 0) is 30.9 Å². The summed E-state index contributed by atoms with van der Waals surface area (Å²) < 4.78 is 4.65. The van der Waals surface area contributed by atoms with Crippen LogP contribution in [0.3, 0.4) is 0 Å². The highest BCUT2D eigenvalue weighted by Crippen LogP contribution is 2.14. The lowest BCUT2D eigenvalue weighted by Gasteiger charge is -2.13. The van der Waals surface area contributed by atoms with Gasteiger partial charge in [0, 0.05) is 13.1 Å². The van der Waals surface area contributed by atoms with Crippen molar-refractivity contribution in [1.82, 2.24) is 18.7 Å². The maximum Gasteiger partial charge on any atom is 0.333 e. The number of imidazole rings is 1. The summed E-state index contributed by atoms with van der Waals surface area (Å²) in [7, 11) is 0. The minimum atomic E-state index is -0.350. The minimum Gasteiger partial charge on any atom is -0.388 e. The van der Waals surface area contributed by atoms with Crippen LogP contribution in [0.25, 0.3) is 11.2 Å². The number of hydrogen-bond acceptors (Lipinski definition) is 4. The molecule has 7 nitrogen and oxygen atoms in total. The highest BCUT2D eigenvalue weighted by molar-refractivity contribution is 5.71. The molecule has 7 heteroatoms. The minimum absolute atomic E-state index is 0.220. The Morgan fingerprint density at radius 1 is 1.00 bits per heavy atom. The SMILES string of the molecule is CCCCn1c(=O)n(Cc2ccccc2C)c(=O)c2c1nc(CO)n2CCC. The third kappa shape index (κ3) is 3.54. The molecular formula is C21H28N4O3. The topological polar surface area (TPSA) is 82.1 Å². The van der Waals surface area contributed by atoms with Gasteiger partial charge in [0.25, 0.3) is 5.56 Å². The number of hydrogen-bond donors (Lipinski definition) is 1. The largest absolute Gasteiger partial charge is 0.388 e. The maximum atomic E-state index is 13.3. The molecule has 1 aromatic carbocycles. The lowest BCUT2D eigenvalue weighted by atomic mass is 10.1. The number of aliphatic hydroxyl groups is 1. The van der Waals surface area contributed by atoms with Gasteiger partial charge >= 0.3 is 5.69 Å². The average molecular weight is 384 g/mol. The second-order valence-electron chi connectivity index (χ2n) is 7.12. The van der Waals surface area contributed by atoms with E-state index in [4.69, 9.17) is 0 Å². The number of unbranched alkanes of at least 4 members (excludes halogenated alkanes) is 1. The van der Waals surface area contributed by atoms with Crippen molar-refractivity contribution < 1.29 is 5.11 Å². The summed E-state index contributed by atoms with van der Waals surface area (Å²) in [5.74, 6) is 0.423. The Hall–Kier alpha value is -2.67. The van der Waals surface area contributed by atoms with E-state index in [9.17, 15) is 14.7 Å². The Morgan fingerprint density at radius 2 is 1.75 bits per heavy atom. The summed E-state index contributed by atoms with van der Waals surface area (Å²) >= 11 is 0. The van der Waals surface area contributed by atoms with Crippen molar-refractivity contribution in [3.63, 3.8) is 0 Å². The van der Waals surface area contributed by atoms with Crippen LogP contribution in [0, 0.1) is 6.92 Å². The lowest BCUT2D eigenvalue weighted by Crippen LogP contribution is -2.41. The molecule has 3 rings (SSSR count). The third-order valence-electron chi connectivity index (χ3n) is 5.11. The first-order valence-corrected chi connectivity index (χ1v) is 9.91. The van der Waals surface area contributed by atoms with E-state index in [1.807, 2.05) is 38.1 Å². The van der Waals surface area contributed by atoms with Gasteiger partial charge in [-0.1, -0.05) is 44.5 Å². The Kier molecular flexibility index (Phi) is 6.14. The molecule has 0 aliphatic heterocycles. The zero-order valence-corrected chi connectivity index (χ0v) is 16.8. The molecular weight excluding hydrogens is 356 g/mol. The van der Waals surface area contributed by atoms with E-state index in [0.717, 1.165) is 30.4 Å². The monoisotopic (exact) mass is 384 g/mol. The second-order valence-corrected chi connectivity index (χ2v) is 7.12. The zero-order chi connectivity index (χ0) is 20.3. The van der Waals surface area contributed by atoms with E-state index < -0.39 is 0 Å². The quantitative estimate of drug-likeness (QED) is 0.647. The molecule has 0 saturated heterocycles. The molecule has 28 heavy (non-hydrogen) atoms. The zero-order valence-electron chi connectivity index (χ0n) is 16.8. The molecule has 2 aromatic heterocycles. The smallest absolute Gasteiger partial charge is 0.333 e. The lowest BCUT2D eigenvalue weighted by molar-refractivity contribution is 0.265. The molecule has 0 aliphatic carbocycles. The Labute approximate surface area is 163 Å². The molecule has 0 radical (unpaired) electrons. The van der Waals surface area contributed by atoms with Crippen molar-refractivity contribution >= 4 is 11.2 Å². The van der Waals surface area contributed by atoms with Gasteiger partial charge < -0.3 is 9.67 Å². The summed E-state index contributed by atoms with van der Waals surface area (Å²) in [6, 6.07) is 7.75. The van der Waals surface area contributed by atoms with Gasteiger partial charge in [-0.25, -0.2) is 9.78 Å². The maximum absolute atomic E-state index is 13.3. The first kappa shape index (κ1) is 20.1. The van der Waals surface area contributed by atoms with E-state index in [2.05, 4.69) is 11.9 Å². The van der Waals surface area contributed by atoms with Gasteiger partial charge in [-0.2, -0.15) is 0 Å². The van der Waals surface area contributed by atoms with Crippen LogP contribution in [0.1, 0.15) is 50.1 Å². The van der Waals surface area contributed by atoms with E-state index in [1.54, 1.807) is 9.13 Å². The fourth-order valence-corrected chi connectivity index (χ4v) is 3.54. The number of fused-ring (bicyclic) bond motifs is 1. The van der Waals surface area contributed by atoms with Crippen molar-refractivity contribution in [2.24, 2.45) is 0 Å². The van der Waals surface area contributed by atoms with Crippen molar-refractivity contribution in [2.75, 3.05) is 0 Å². The van der Waals surface area contributed by atoms with Gasteiger partial charge in [0.05, 0.1) is 6.54 Å². The predicted octanol–water partition coefficient (Wildman–Crippen LogP) is 2.42. The molecule has 2 heterocycles. The number of nitrogens with zero attached hydrogens (tertiary/aromatic N) is 4. The number of benzene rings is 1. The summed E-state index contributed by atoms with van der Waals surface area (Å²) in [6.07, 6.45) is 2.53. The van der Waals surface area contributed by atoms with Crippen LogP contribution < -0.4 is 11.2 Å². The molecule has 150 valence electrons. The van der Waals surface area contributed by atoms with Crippen molar-refractivity contribution in [3.8, 4) is 0 Å². The van der Waals surface area contributed by atoms with Gasteiger partial charge in [0.15, 0.2) is 11.2 Å². The molecule has 0 fully saturated rings. The van der Waals surface area contributed by atoms with Crippen LogP contribution in [0.5, 0.6) is 0 Å². The Morgan fingerprint density at radius 3 is 2.39 bits per heavy atom. The highest BCUT2D eigenvalue weighted by Gasteiger charge is 2.21. The van der Waals surface area contributed by atoms with E-state index >= 15 is 0 Å². The number of rotatable bonds is 8. The first-order chi connectivity index (χ1) is 13.5. The van der Waals surface area contributed by atoms with E-state index in [0.29, 0.717) is 30.1 Å². The summed E-state index contributed by atoms with van der Waals surface area (Å²) in [5.41, 5.74) is 2.05. The van der Waals surface area contributed by atoms with Crippen LogP contribution in [0.4, 0.5) is 0 Å². The van der Waals surface area contributed by atoms with Crippen LogP contribution >= 0.6 is 0 Å². The molecule has 0 bridgehead atoms. The number of aryl methyl sites for hydroxylation is 3. The third-order valence-corrected chi connectivity index (χ3v) is 5.11. The van der Waals surface area contributed by atoms with Gasteiger partial charge in [-0.15, -0.1) is 0 Å². The summed E-state index contributed by atoms with van der Waals surface area (Å²) in [4.78, 5) is 31.0. The molecule has 0 saturated carbocycles. The second kappa shape index (κ2) is 8.56. The van der Waals surface area contributed by atoms with Crippen LogP contribution in [0.15, 0.2) is 33.9 Å². The van der Waals surface area contributed by atoms with E-state index in [-0.39, 0.29) is 24.4 Å². The first-order valence-electron chi connectivity index (χ1n) is 9.91. The highest BCUT2D eigenvalue weighted by atomic mass is 16.3. The summed E-state index contributed by atoms with van der Waals surface area (Å²) in [6.45, 7) is 7.05. The van der Waals surface area contributed by atoms with Gasteiger partial charge in [-0.3, -0.25) is 13.9 Å². The van der Waals surface area contributed by atoms with Gasteiger partial charge in [0.2, 0.25) is 0 Å².